The van der Waals surface area contributed by atoms with Gasteiger partial charge in [-0.15, -0.1) is 0 Å². The number of amides is 1. The molecule has 2 aromatic rings. The zero-order chi connectivity index (χ0) is 15.4. The summed E-state index contributed by atoms with van der Waals surface area (Å²) in [5.74, 6) is 0.159. The minimum Gasteiger partial charge on any atom is -1.00 e. The lowest BCUT2D eigenvalue weighted by atomic mass is 10.1. The molecule has 3 rings (SSSR count). The molecule has 122 valence electrons. The Morgan fingerprint density at radius 1 is 0.957 bits per heavy atom. The summed E-state index contributed by atoms with van der Waals surface area (Å²) in [6.45, 7) is 4.71. The molecule has 0 atom stereocenters. The molecular weight excluding hydrogens is 308 g/mol. The van der Waals surface area contributed by atoms with Crippen LogP contribution >= 0.6 is 0 Å². The van der Waals surface area contributed by atoms with Gasteiger partial charge in [0.05, 0.1) is 33.2 Å². The van der Waals surface area contributed by atoms with Crippen LogP contribution in [0.5, 0.6) is 0 Å². The summed E-state index contributed by atoms with van der Waals surface area (Å²) in [7, 11) is 2.29. The number of halogens is 1. The molecular formula is C19H23ClN2O. The van der Waals surface area contributed by atoms with E-state index < -0.39 is 0 Å². The standard InChI is InChI=1S/C19H23N2O.ClH/c1-21(16-17-8-4-2-5-9-17)14-12-20(13-15-21)19(22)18-10-6-3-7-11-18;/h2-11H,12-16H2,1H3;1H/q+1;/p-1. The number of nitrogens with zero attached hydrogens (tertiary/aromatic N) is 2. The van der Waals surface area contributed by atoms with Crippen LogP contribution in [0.25, 0.3) is 0 Å². The van der Waals surface area contributed by atoms with Crippen LogP contribution in [-0.4, -0.2) is 48.5 Å². The third kappa shape index (κ3) is 4.34. The molecule has 0 bridgehead atoms. The number of carbonyl (C=O) groups is 1. The molecule has 1 heterocycles. The first kappa shape index (κ1) is 17.5. The summed E-state index contributed by atoms with van der Waals surface area (Å²) in [5, 5.41) is 0. The molecule has 0 saturated carbocycles. The Hall–Kier alpha value is -1.84. The van der Waals surface area contributed by atoms with E-state index >= 15 is 0 Å². The van der Waals surface area contributed by atoms with Crippen molar-refractivity contribution in [2.24, 2.45) is 0 Å². The second-order valence-corrected chi connectivity index (χ2v) is 6.37. The van der Waals surface area contributed by atoms with Crippen molar-refractivity contribution < 1.29 is 21.7 Å². The smallest absolute Gasteiger partial charge is 0.254 e. The largest absolute Gasteiger partial charge is 1.00 e. The molecule has 0 aromatic heterocycles. The maximum atomic E-state index is 12.5. The Kier molecular flexibility index (Phi) is 5.80. The molecule has 1 amide bonds. The summed E-state index contributed by atoms with van der Waals surface area (Å²) in [5.41, 5.74) is 2.16. The van der Waals surface area contributed by atoms with Gasteiger partial charge >= 0.3 is 0 Å². The predicted octanol–water partition coefficient (Wildman–Crippen LogP) is -0.207. The number of benzene rings is 2. The van der Waals surface area contributed by atoms with Crippen molar-refractivity contribution in [1.29, 1.82) is 0 Å². The van der Waals surface area contributed by atoms with Gasteiger partial charge < -0.3 is 21.8 Å². The number of carbonyl (C=O) groups excluding carboxylic acids is 1. The normalized spacial score (nSPS) is 16.5. The van der Waals surface area contributed by atoms with Gasteiger partial charge in [-0.25, -0.2) is 0 Å². The molecule has 0 aliphatic carbocycles. The van der Waals surface area contributed by atoms with Crippen LogP contribution < -0.4 is 12.4 Å². The summed E-state index contributed by atoms with van der Waals surface area (Å²) in [6, 6.07) is 20.2. The van der Waals surface area contributed by atoms with Crippen LogP contribution in [0.3, 0.4) is 0 Å². The molecule has 4 heteroatoms. The zero-order valence-electron chi connectivity index (χ0n) is 13.5. The number of likely N-dealkylation sites (N-methyl/N-ethyl adjacent to an activating group) is 1. The van der Waals surface area contributed by atoms with Gasteiger partial charge in [0.15, 0.2) is 0 Å². The lowest BCUT2D eigenvalue weighted by Crippen LogP contribution is -3.00. The van der Waals surface area contributed by atoms with Crippen molar-refractivity contribution in [3.05, 3.63) is 71.8 Å². The summed E-state index contributed by atoms with van der Waals surface area (Å²) >= 11 is 0. The van der Waals surface area contributed by atoms with Crippen molar-refractivity contribution in [2.75, 3.05) is 33.2 Å². The van der Waals surface area contributed by atoms with Crippen LogP contribution in [0.1, 0.15) is 15.9 Å². The monoisotopic (exact) mass is 330 g/mol. The zero-order valence-corrected chi connectivity index (χ0v) is 14.2. The lowest BCUT2D eigenvalue weighted by Gasteiger charge is -2.42. The molecule has 0 radical (unpaired) electrons. The van der Waals surface area contributed by atoms with Crippen LogP contribution in [0.15, 0.2) is 60.7 Å². The van der Waals surface area contributed by atoms with E-state index in [1.165, 1.54) is 5.56 Å². The SMILES string of the molecule is C[N+]1(Cc2ccccc2)CCN(C(=O)c2ccccc2)CC1.[Cl-]. The first-order chi connectivity index (χ1) is 10.7. The second kappa shape index (κ2) is 7.62. The number of rotatable bonds is 3. The van der Waals surface area contributed by atoms with Crippen LogP contribution in [0, 0.1) is 0 Å². The van der Waals surface area contributed by atoms with E-state index in [2.05, 4.69) is 37.4 Å². The number of hydrogen-bond acceptors (Lipinski definition) is 1. The fourth-order valence-corrected chi connectivity index (χ4v) is 3.10. The molecule has 23 heavy (non-hydrogen) atoms. The Balaban J connectivity index is 0.00000192. The molecule has 0 unspecified atom stereocenters. The predicted molar refractivity (Wildman–Crippen MR) is 88.4 cm³/mol. The molecule has 0 N–H and O–H groups in total. The van der Waals surface area contributed by atoms with Gasteiger partial charge in [0.1, 0.15) is 6.54 Å². The van der Waals surface area contributed by atoms with E-state index in [9.17, 15) is 4.79 Å². The third-order valence-corrected chi connectivity index (χ3v) is 4.53. The van der Waals surface area contributed by atoms with E-state index in [0.29, 0.717) is 0 Å². The fourth-order valence-electron chi connectivity index (χ4n) is 3.10. The van der Waals surface area contributed by atoms with Gasteiger partial charge in [-0.2, -0.15) is 0 Å². The maximum absolute atomic E-state index is 12.5. The van der Waals surface area contributed by atoms with Gasteiger partial charge in [-0.05, 0) is 12.1 Å². The average Bonchev–Trinajstić information content (AvgIpc) is 2.56. The fraction of sp³-hybridized carbons (Fsp3) is 0.316. The van der Waals surface area contributed by atoms with Gasteiger partial charge in [-0.3, -0.25) is 4.79 Å². The average molecular weight is 331 g/mol. The summed E-state index contributed by atoms with van der Waals surface area (Å²) in [4.78, 5) is 14.5. The summed E-state index contributed by atoms with van der Waals surface area (Å²) < 4.78 is 1.00. The van der Waals surface area contributed by atoms with E-state index in [1.807, 2.05) is 35.2 Å². The molecule has 1 saturated heterocycles. The maximum Gasteiger partial charge on any atom is 0.254 e. The third-order valence-electron chi connectivity index (χ3n) is 4.53. The van der Waals surface area contributed by atoms with E-state index in [1.54, 1.807) is 0 Å². The van der Waals surface area contributed by atoms with Gasteiger partial charge in [0.2, 0.25) is 0 Å². The van der Waals surface area contributed by atoms with E-state index in [-0.39, 0.29) is 18.3 Å². The Labute approximate surface area is 144 Å². The minimum absolute atomic E-state index is 0. The first-order valence-corrected chi connectivity index (χ1v) is 7.88. The van der Waals surface area contributed by atoms with Crippen molar-refractivity contribution in [3.8, 4) is 0 Å². The molecule has 0 spiro atoms. The summed E-state index contributed by atoms with van der Waals surface area (Å²) in [6.07, 6.45) is 0. The molecule has 1 aliphatic rings. The van der Waals surface area contributed by atoms with Crippen molar-refractivity contribution in [3.63, 3.8) is 0 Å². The molecule has 1 fully saturated rings. The number of piperazine rings is 1. The minimum atomic E-state index is 0. The quantitative estimate of drug-likeness (QED) is 0.713. The van der Waals surface area contributed by atoms with Crippen molar-refractivity contribution >= 4 is 5.91 Å². The van der Waals surface area contributed by atoms with Gasteiger partial charge in [0.25, 0.3) is 5.91 Å². The van der Waals surface area contributed by atoms with Crippen molar-refractivity contribution in [2.45, 2.75) is 6.54 Å². The van der Waals surface area contributed by atoms with Gasteiger partial charge in [-0.1, -0.05) is 48.5 Å². The van der Waals surface area contributed by atoms with Crippen LogP contribution in [-0.2, 0) is 6.54 Å². The molecule has 2 aromatic carbocycles. The topological polar surface area (TPSA) is 20.3 Å². The van der Waals surface area contributed by atoms with E-state index in [4.69, 9.17) is 0 Å². The van der Waals surface area contributed by atoms with E-state index in [0.717, 1.165) is 42.8 Å². The first-order valence-electron chi connectivity index (χ1n) is 7.88. The van der Waals surface area contributed by atoms with Gasteiger partial charge in [0, 0.05) is 11.1 Å². The van der Waals surface area contributed by atoms with Crippen LogP contribution in [0.4, 0.5) is 0 Å². The highest BCUT2D eigenvalue weighted by Gasteiger charge is 2.31. The molecule has 3 nitrogen and oxygen atoms in total. The number of hydrogen-bond donors (Lipinski definition) is 0. The number of quaternary nitrogens is 1. The molecule has 1 aliphatic heterocycles. The second-order valence-electron chi connectivity index (χ2n) is 6.37. The Morgan fingerprint density at radius 3 is 2.04 bits per heavy atom. The lowest BCUT2D eigenvalue weighted by molar-refractivity contribution is -0.926. The van der Waals surface area contributed by atoms with Crippen LogP contribution in [0.2, 0.25) is 0 Å². The highest BCUT2D eigenvalue weighted by Crippen LogP contribution is 2.17. The Morgan fingerprint density at radius 2 is 1.48 bits per heavy atom. The highest BCUT2D eigenvalue weighted by molar-refractivity contribution is 5.94. The Bertz CT molecular complexity index is 622. The highest BCUT2D eigenvalue weighted by atomic mass is 35.5. The van der Waals surface area contributed by atoms with Crippen molar-refractivity contribution in [1.82, 2.24) is 4.90 Å².